The van der Waals surface area contributed by atoms with Crippen LogP contribution in [-0.2, 0) is 9.53 Å². The summed E-state index contributed by atoms with van der Waals surface area (Å²) in [6.45, 7) is 8.26. The Labute approximate surface area is 234 Å². The molecule has 2 aromatic carbocycles. The van der Waals surface area contributed by atoms with Crippen molar-refractivity contribution in [2.24, 2.45) is 4.99 Å². The van der Waals surface area contributed by atoms with E-state index in [2.05, 4.69) is 50.2 Å². The zero-order valence-electron chi connectivity index (χ0n) is 19.7. The second-order valence-electron chi connectivity index (χ2n) is 7.95. The molecule has 0 radical (unpaired) electrons. The second-order valence-corrected chi connectivity index (χ2v) is 11.4. The van der Waals surface area contributed by atoms with Crippen molar-refractivity contribution < 1.29 is 14.3 Å². The summed E-state index contributed by atoms with van der Waals surface area (Å²) in [5.74, 6) is 0.289. The largest absolute Gasteiger partial charge is 0.492 e. The summed E-state index contributed by atoms with van der Waals surface area (Å²) in [7, 11) is 0. The number of aromatic nitrogens is 1. The minimum atomic E-state index is -0.615. The van der Waals surface area contributed by atoms with E-state index >= 15 is 0 Å². The van der Waals surface area contributed by atoms with E-state index in [0.717, 1.165) is 29.6 Å². The van der Waals surface area contributed by atoms with Crippen LogP contribution >= 0.6 is 56.5 Å². The number of halogens is 2. The highest BCUT2D eigenvalue weighted by Gasteiger charge is 2.33. The molecule has 0 saturated carbocycles. The number of hydrogen-bond acceptors (Lipinski definition) is 6. The molecule has 0 unspecified atom stereocenters. The SMILES string of the molecule is CCOC(=O)C1=C(C)N=c2s/c(=C\c3cc(I)cc(I)c3OCC)c(=O)n2[C@H]1c1ccc(C)cc1. The van der Waals surface area contributed by atoms with Crippen molar-refractivity contribution in [2.75, 3.05) is 13.2 Å². The fourth-order valence-electron chi connectivity index (χ4n) is 3.98. The van der Waals surface area contributed by atoms with Gasteiger partial charge >= 0.3 is 5.97 Å². The average molecular weight is 714 g/mol. The van der Waals surface area contributed by atoms with Gasteiger partial charge in [-0.25, -0.2) is 9.79 Å². The van der Waals surface area contributed by atoms with Crippen molar-refractivity contribution in [3.05, 3.63) is 91.2 Å². The van der Waals surface area contributed by atoms with Gasteiger partial charge in [0.2, 0.25) is 0 Å². The number of hydrogen-bond donors (Lipinski definition) is 0. The van der Waals surface area contributed by atoms with E-state index in [4.69, 9.17) is 9.47 Å². The molecule has 1 atom stereocenters. The zero-order valence-corrected chi connectivity index (χ0v) is 24.9. The predicted octanol–water partition coefficient (Wildman–Crippen LogP) is 4.71. The van der Waals surface area contributed by atoms with Gasteiger partial charge in [-0.3, -0.25) is 9.36 Å². The van der Waals surface area contributed by atoms with E-state index in [1.165, 1.54) is 11.3 Å². The first-order valence-electron chi connectivity index (χ1n) is 11.1. The van der Waals surface area contributed by atoms with E-state index < -0.39 is 12.0 Å². The number of thiazole rings is 1. The van der Waals surface area contributed by atoms with Crippen LogP contribution in [0, 0.1) is 14.1 Å². The van der Waals surface area contributed by atoms with E-state index in [0.29, 0.717) is 27.2 Å². The van der Waals surface area contributed by atoms with E-state index in [1.54, 1.807) is 18.4 Å². The third-order valence-electron chi connectivity index (χ3n) is 5.52. The number of fused-ring (bicyclic) bond motifs is 1. The van der Waals surface area contributed by atoms with Crippen LogP contribution in [0.1, 0.15) is 43.5 Å². The van der Waals surface area contributed by atoms with Crippen molar-refractivity contribution in [1.29, 1.82) is 0 Å². The molecule has 0 amide bonds. The normalized spacial score (nSPS) is 15.6. The minimum absolute atomic E-state index is 0.204. The van der Waals surface area contributed by atoms with Gasteiger partial charge in [-0.15, -0.1) is 0 Å². The van der Waals surface area contributed by atoms with Gasteiger partial charge in [0, 0.05) is 9.13 Å². The molecule has 3 aromatic rings. The molecule has 4 rings (SSSR count). The summed E-state index contributed by atoms with van der Waals surface area (Å²) >= 11 is 5.82. The van der Waals surface area contributed by atoms with Crippen molar-refractivity contribution >= 4 is 68.6 Å². The lowest BCUT2D eigenvalue weighted by Gasteiger charge is -2.24. The average Bonchev–Trinajstić information content (AvgIpc) is 3.10. The molecule has 0 spiro atoms. The molecule has 9 heteroatoms. The Morgan fingerprint density at radius 1 is 1.14 bits per heavy atom. The zero-order chi connectivity index (χ0) is 25.3. The van der Waals surface area contributed by atoms with Crippen LogP contribution in [0.15, 0.2) is 57.5 Å². The molecular weight excluding hydrogens is 690 g/mol. The van der Waals surface area contributed by atoms with Crippen LogP contribution in [0.4, 0.5) is 0 Å². The topological polar surface area (TPSA) is 69.9 Å². The molecule has 182 valence electrons. The first-order chi connectivity index (χ1) is 16.7. The highest BCUT2D eigenvalue weighted by atomic mass is 127. The highest BCUT2D eigenvalue weighted by molar-refractivity contribution is 14.1. The Kier molecular flexibility index (Phi) is 8.16. The summed E-state index contributed by atoms with van der Waals surface area (Å²) in [4.78, 5) is 32.0. The lowest BCUT2D eigenvalue weighted by atomic mass is 9.95. The van der Waals surface area contributed by atoms with Gasteiger partial charge in [0.15, 0.2) is 4.80 Å². The molecule has 0 bridgehead atoms. The Hall–Kier alpha value is -1.99. The van der Waals surface area contributed by atoms with Gasteiger partial charge in [0.1, 0.15) is 5.75 Å². The molecular formula is C26H24I2N2O4S. The molecule has 2 heterocycles. The van der Waals surface area contributed by atoms with Crippen molar-refractivity contribution in [1.82, 2.24) is 4.57 Å². The number of carbonyl (C=O) groups is 1. The maximum absolute atomic E-state index is 13.8. The van der Waals surface area contributed by atoms with Gasteiger partial charge in [-0.2, -0.15) is 0 Å². The van der Waals surface area contributed by atoms with Gasteiger partial charge in [-0.05, 0) is 96.6 Å². The number of rotatable bonds is 6. The van der Waals surface area contributed by atoms with Gasteiger partial charge in [-0.1, -0.05) is 41.2 Å². The molecule has 6 nitrogen and oxygen atoms in total. The first-order valence-corrected chi connectivity index (χ1v) is 14.1. The number of carbonyl (C=O) groups excluding carboxylic acids is 1. The molecule has 1 aliphatic heterocycles. The second kappa shape index (κ2) is 11.0. The van der Waals surface area contributed by atoms with Gasteiger partial charge in [0.05, 0.1) is 38.6 Å². The van der Waals surface area contributed by atoms with Crippen molar-refractivity contribution in [3.63, 3.8) is 0 Å². The summed E-state index contributed by atoms with van der Waals surface area (Å²) in [5.41, 5.74) is 3.50. The van der Waals surface area contributed by atoms with Crippen LogP contribution in [-0.4, -0.2) is 23.8 Å². The van der Waals surface area contributed by atoms with Crippen LogP contribution in [0.3, 0.4) is 0 Å². The van der Waals surface area contributed by atoms with E-state index in [1.807, 2.05) is 56.3 Å². The van der Waals surface area contributed by atoms with Crippen LogP contribution in [0.25, 0.3) is 6.08 Å². The molecule has 0 saturated heterocycles. The van der Waals surface area contributed by atoms with Crippen molar-refractivity contribution in [3.8, 4) is 5.75 Å². The highest BCUT2D eigenvalue weighted by Crippen LogP contribution is 2.31. The molecule has 1 aliphatic rings. The lowest BCUT2D eigenvalue weighted by Crippen LogP contribution is -2.39. The third kappa shape index (κ3) is 5.26. The summed E-state index contributed by atoms with van der Waals surface area (Å²) in [6.07, 6.45) is 1.86. The van der Waals surface area contributed by atoms with Gasteiger partial charge < -0.3 is 9.47 Å². The lowest BCUT2D eigenvalue weighted by molar-refractivity contribution is -0.139. The van der Waals surface area contributed by atoms with Gasteiger partial charge in [0.25, 0.3) is 5.56 Å². The summed E-state index contributed by atoms with van der Waals surface area (Å²) < 4.78 is 15.4. The Bertz CT molecular complexity index is 1500. The van der Waals surface area contributed by atoms with Crippen molar-refractivity contribution in [2.45, 2.75) is 33.7 Å². The Balaban J connectivity index is 1.97. The molecule has 0 N–H and O–H groups in total. The third-order valence-corrected chi connectivity index (χ3v) is 7.93. The molecule has 0 aliphatic carbocycles. The van der Waals surface area contributed by atoms with Crippen LogP contribution in [0.2, 0.25) is 0 Å². The first kappa shape index (κ1) is 26.1. The smallest absolute Gasteiger partial charge is 0.338 e. The summed E-state index contributed by atoms with van der Waals surface area (Å²) in [5, 5.41) is 0. The predicted molar refractivity (Wildman–Crippen MR) is 155 cm³/mol. The number of allylic oxidation sites excluding steroid dienone is 1. The monoisotopic (exact) mass is 714 g/mol. The number of nitrogens with zero attached hydrogens (tertiary/aromatic N) is 2. The number of esters is 1. The Morgan fingerprint density at radius 3 is 2.51 bits per heavy atom. The number of aryl methyl sites for hydroxylation is 1. The van der Waals surface area contributed by atoms with Crippen LogP contribution in [0.5, 0.6) is 5.75 Å². The van der Waals surface area contributed by atoms with E-state index in [9.17, 15) is 9.59 Å². The molecule has 0 fully saturated rings. The maximum Gasteiger partial charge on any atom is 0.338 e. The fraction of sp³-hybridized carbons (Fsp3) is 0.269. The number of ether oxygens (including phenoxy) is 2. The quantitative estimate of drug-likeness (QED) is 0.274. The van der Waals surface area contributed by atoms with E-state index in [-0.39, 0.29) is 12.2 Å². The number of benzene rings is 2. The fourth-order valence-corrected chi connectivity index (χ4v) is 7.06. The maximum atomic E-state index is 13.8. The molecule has 35 heavy (non-hydrogen) atoms. The summed E-state index contributed by atoms with van der Waals surface area (Å²) in [6, 6.07) is 11.3. The Morgan fingerprint density at radius 2 is 1.86 bits per heavy atom. The van der Waals surface area contributed by atoms with Crippen LogP contribution < -0.4 is 19.6 Å². The minimum Gasteiger partial charge on any atom is -0.492 e. The standard InChI is InChI=1S/C26H24I2N2O4S/c1-5-33-23-17(11-18(27)13-19(23)28)12-20-24(31)30-22(16-9-7-14(3)8-10-16)21(25(32)34-6-2)15(4)29-26(30)35-20/h7-13,22H,5-6H2,1-4H3/b20-12-/t22-/m0/s1. The molecule has 1 aromatic heterocycles.